The van der Waals surface area contributed by atoms with Crippen LogP contribution in [0.4, 0.5) is 0 Å². The van der Waals surface area contributed by atoms with Gasteiger partial charge in [-0.25, -0.2) is 0 Å². The monoisotopic (exact) mass is 281 g/mol. The number of aromatic nitrogens is 1. The Morgan fingerprint density at radius 3 is 2.69 bits per heavy atom. The number of fused-ring (bicyclic) bond motifs is 1. The van der Waals surface area contributed by atoms with Crippen molar-refractivity contribution in [2.45, 2.75) is 0 Å². The quantitative estimate of drug-likeness (QED) is 0.754. The Hall–Kier alpha value is -0.596. The van der Waals surface area contributed by atoms with Crippen LogP contribution < -0.4 is 0 Å². The number of hydrogen-bond donors (Lipinski definition) is 1. The van der Waals surface area contributed by atoms with Crippen molar-refractivity contribution >= 4 is 26.8 Å². The third-order valence-corrected chi connectivity index (χ3v) is 2.39. The predicted octanol–water partition coefficient (Wildman–Crippen LogP) is 2.70. The van der Waals surface area contributed by atoms with Crippen LogP contribution in [0.25, 0.3) is 10.9 Å². The summed E-state index contributed by atoms with van der Waals surface area (Å²) in [5, 5.41) is 10.3. The first-order chi connectivity index (χ1) is 5.79. The van der Waals surface area contributed by atoms with E-state index in [1.807, 2.05) is 12.1 Å². The van der Waals surface area contributed by atoms with Crippen molar-refractivity contribution in [3.63, 3.8) is 0 Å². The summed E-state index contributed by atoms with van der Waals surface area (Å²) in [5.41, 5.74) is 0.631. The van der Waals surface area contributed by atoms with Gasteiger partial charge in [-0.05, 0) is 18.2 Å². The maximum atomic E-state index is 9.41. The van der Waals surface area contributed by atoms with Gasteiger partial charge in [-0.15, -0.1) is 0 Å². The van der Waals surface area contributed by atoms with E-state index in [1.54, 1.807) is 18.3 Å². The molecule has 0 spiro atoms. The summed E-state index contributed by atoms with van der Waals surface area (Å²) in [5.74, 6) is 0.216. The first kappa shape index (κ1) is 10.5. The molecule has 1 N–H and O–H groups in total. The maximum absolute atomic E-state index is 9.41. The molecule has 0 saturated carbocycles. The summed E-state index contributed by atoms with van der Waals surface area (Å²) in [6.07, 6.45) is 1.66. The van der Waals surface area contributed by atoms with Gasteiger partial charge in [-0.2, -0.15) is 0 Å². The van der Waals surface area contributed by atoms with Crippen molar-refractivity contribution in [2.75, 3.05) is 0 Å². The fraction of sp³-hybridized carbons (Fsp3) is 0. The van der Waals surface area contributed by atoms with E-state index in [1.165, 1.54) is 0 Å². The van der Waals surface area contributed by atoms with Gasteiger partial charge in [-0.1, -0.05) is 22.0 Å². The smallest absolute Gasteiger partial charge is 0.141 e. The van der Waals surface area contributed by atoms with Crippen molar-refractivity contribution in [1.29, 1.82) is 0 Å². The largest absolute Gasteiger partial charge is 0.506 e. The molecule has 0 radical (unpaired) electrons. The average molecular weight is 283 g/mol. The third kappa shape index (κ3) is 1.84. The van der Waals surface area contributed by atoms with Crippen LogP contribution in [0.15, 0.2) is 34.9 Å². The zero-order chi connectivity index (χ0) is 8.55. The molecule has 0 atom stereocenters. The molecule has 0 aliphatic rings. The van der Waals surface area contributed by atoms with Gasteiger partial charge in [0.25, 0.3) is 0 Å². The minimum Gasteiger partial charge on any atom is -0.506 e. The molecule has 1 aromatic heterocycles. The van der Waals surface area contributed by atoms with Crippen LogP contribution in [0.3, 0.4) is 0 Å². The summed E-state index contributed by atoms with van der Waals surface area (Å²) in [7, 11) is 0. The minimum atomic E-state index is 0. The molecule has 4 heteroatoms. The van der Waals surface area contributed by atoms with Gasteiger partial charge in [0.1, 0.15) is 11.3 Å². The first-order valence-corrected chi connectivity index (χ1v) is 4.30. The number of halogens is 1. The number of phenolic OH excluding ortho intramolecular Hbond substituents is 1. The number of hydrogen-bond acceptors (Lipinski definition) is 2. The van der Waals surface area contributed by atoms with Gasteiger partial charge >= 0.3 is 0 Å². The summed E-state index contributed by atoms with van der Waals surface area (Å²) in [6, 6.07) is 7.18. The van der Waals surface area contributed by atoms with E-state index in [9.17, 15) is 5.11 Å². The Morgan fingerprint density at radius 2 is 2.00 bits per heavy atom. The topological polar surface area (TPSA) is 33.1 Å². The van der Waals surface area contributed by atoms with Gasteiger partial charge in [0, 0.05) is 32.5 Å². The Balaban J connectivity index is 0.000000845. The van der Waals surface area contributed by atoms with Gasteiger partial charge in [0.2, 0.25) is 0 Å². The van der Waals surface area contributed by atoms with E-state index in [4.69, 9.17) is 0 Å². The van der Waals surface area contributed by atoms with Crippen LogP contribution in [0, 0.1) is 0 Å². The zero-order valence-electron chi connectivity index (χ0n) is 6.48. The Bertz CT molecular complexity index is 392. The molecule has 0 unspecified atom stereocenters. The molecule has 2 rings (SSSR count). The van der Waals surface area contributed by atoms with Crippen LogP contribution >= 0.6 is 15.9 Å². The number of aromatic hydroxyl groups is 1. The van der Waals surface area contributed by atoms with Gasteiger partial charge < -0.3 is 5.11 Å². The van der Waals surface area contributed by atoms with E-state index in [0.29, 0.717) is 5.52 Å². The Labute approximate surface area is 94.0 Å². The second kappa shape index (κ2) is 4.07. The van der Waals surface area contributed by atoms with Gasteiger partial charge in [0.05, 0.1) is 0 Å². The van der Waals surface area contributed by atoms with Crippen molar-refractivity contribution < 1.29 is 21.6 Å². The van der Waals surface area contributed by atoms with Crippen molar-refractivity contribution in [2.24, 2.45) is 0 Å². The second-order valence-corrected chi connectivity index (χ2v) is 3.32. The molecule has 70 valence electrons. The molecule has 0 aliphatic heterocycles. The van der Waals surface area contributed by atoms with E-state index in [0.717, 1.165) is 9.86 Å². The zero-order valence-corrected chi connectivity index (χ0v) is 9.05. The summed E-state index contributed by atoms with van der Waals surface area (Å²) in [4.78, 5) is 4.06. The molecule has 2 nitrogen and oxygen atoms in total. The van der Waals surface area contributed by atoms with E-state index >= 15 is 0 Å². The fourth-order valence-corrected chi connectivity index (χ4v) is 1.58. The number of benzene rings is 1. The molecular weight excluding hydrogens is 277 g/mol. The Morgan fingerprint density at radius 1 is 1.23 bits per heavy atom. The molecule has 0 bridgehead atoms. The average Bonchev–Trinajstić information content (AvgIpc) is 2.12. The molecule has 0 saturated heterocycles. The molecule has 0 amide bonds. The van der Waals surface area contributed by atoms with Crippen LogP contribution in [-0.2, 0) is 16.5 Å². The summed E-state index contributed by atoms with van der Waals surface area (Å²) in [6.45, 7) is 0. The molecule has 1 aromatic carbocycles. The number of nitrogens with zero attached hydrogens (tertiary/aromatic N) is 1. The summed E-state index contributed by atoms with van der Waals surface area (Å²) >= 11 is 3.38. The standard InChI is InChI=1S/C9H6BrNO.Ni/c10-7-3-4-8(12)9-6(7)2-1-5-11-9;/h1-5,12H;. The number of phenols is 1. The van der Waals surface area contributed by atoms with Crippen LogP contribution in [-0.4, -0.2) is 10.1 Å². The first-order valence-electron chi connectivity index (χ1n) is 3.51. The van der Waals surface area contributed by atoms with Crippen LogP contribution in [0.1, 0.15) is 0 Å². The van der Waals surface area contributed by atoms with Gasteiger partial charge in [-0.3, -0.25) is 4.98 Å². The molecule has 0 aliphatic carbocycles. The van der Waals surface area contributed by atoms with Crippen LogP contribution in [0.5, 0.6) is 5.75 Å². The predicted molar refractivity (Wildman–Crippen MR) is 51.1 cm³/mol. The second-order valence-electron chi connectivity index (χ2n) is 2.47. The van der Waals surface area contributed by atoms with Crippen LogP contribution in [0.2, 0.25) is 0 Å². The molecule has 0 fully saturated rings. The van der Waals surface area contributed by atoms with E-state index < -0.39 is 0 Å². The SMILES string of the molecule is Oc1ccc(Br)c2cccnc12.[Ni]. The molecule has 1 heterocycles. The third-order valence-electron chi connectivity index (χ3n) is 1.70. The fourth-order valence-electron chi connectivity index (χ4n) is 1.12. The van der Waals surface area contributed by atoms with Crippen molar-refractivity contribution in [3.8, 4) is 5.75 Å². The maximum Gasteiger partial charge on any atom is 0.141 e. The summed E-state index contributed by atoms with van der Waals surface area (Å²) < 4.78 is 0.948. The molecular formula is C9H6BrNNiO. The van der Waals surface area contributed by atoms with Crippen molar-refractivity contribution in [1.82, 2.24) is 4.98 Å². The normalized spacial score (nSPS) is 9.62. The minimum absolute atomic E-state index is 0. The number of rotatable bonds is 0. The van der Waals surface area contributed by atoms with E-state index in [2.05, 4.69) is 20.9 Å². The van der Waals surface area contributed by atoms with E-state index in [-0.39, 0.29) is 22.2 Å². The molecule has 2 aromatic rings. The Kier molecular flexibility index (Phi) is 3.29. The molecule has 13 heavy (non-hydrogen) atoms. The number of pyridine rings is 1. The van der Waals surface area contributed by atoms with Gasteiger partial charge in [0.15, 0.2) is 0 Å². The van der Waals surface area contributed by atoms with Crippen molar-refractivity contribution in [3.05, 3.63) is 34.9 Å².